The molecule has 0 aliphatic heterocycles. The normalized spacial score (nSPS) is 11.4. The molecule has 0 spiro atoms. The van der Waals surface area contributed by atoms with E-state index >= 15 is 0 Å². The Kier molecular flexibility index (Phi) is 1.22. The molecule has 1 aliphatic carbocycles. The van der Waals surface area contributed by atoms with Gasteiger partial charge < -0.3 is 11.5 Å². The van der Waals surface area contributed by atoms with Crippen LogP contribution in [0.4, 0.5) is 11.4 Å². The van der Waals surface area contributed by atoms with Crippen LogP contribution in [-0.4, -0.2) is 0 Å². The molecule has 0 saturated carbocycles. The second-order valence-electron chi connectivity index (χ2n) is 3.57. The third-order valence-corrected chi connectivity index (χ3v) is 2.70. The van der Waals surface area contributed by atoms with E-state index in [0.29, 0.717) is 0 Å². The van der Waals surface area contributed by atoms with Crippen LogP contribution in [0.15, 0.2) is 36.4 Å². The molecule has 0 atom stereocenters. The molecule has 0 aromatic heterocycles. The van der Waals surface area contributed by atoms with E-state index < -0.39 is 0 Å². The van der Waals surface area contributed by atoms with Crippen molar-refractivity contribution in [1.29, 1.82) is 0 Å². The van der Waals surface area contributed by atoms with Crippen molar-refractivity contribution in [3.8, 4) is 0 Å². The molecule has 3 rings (SSSR count). The molecule has 0 heterocycles. The van der Waals surface area contributed by atoms with E-state index in [0.717, 1.165) is 11.4 Å². The van der Waals surface area contributed by atoms with Crippen molar-refractivity contribution < 1.29 is 0 Å². The van der Waals surface area contributed by atoms with Gasteiger partial charge in [0.05, 0.1) is 0 Å². The molecular weight excluding hydrogens is 172 g/mol. The van der Waals surface area contributed by atoms with Gasteiger partial charge in [0.1, 0.15) is 0 Å². The van der Waals surface area contributed by atoms with E-state index in [1.807, 2.05) is 30.3 Å². The van der Waals surface area contributed by atoms with Gasteiger partial charge in [0.25, 0.3) is 0 Å². The lowest BCUT2D eigenvalue weighted by Crippen LogP contribution is -1.98. The standard InChI is InChI=1S/C12H10N2/c13-7-4-5-9-10(6-7)8-2-1-3-11(14)12(8)9/h1-6H,13-14H2. The second kappa shape index (κ2) is 2.29. The zero-order valence-corrected chi connectivity index (χ0v) is 7.62. The molecule has 0 radical (unpaired) electrons. The zero-order chi connectivity index (χ0) is 9.71. The van der Waals surface area contributed by atoms with Crippen LogP contribution in [0.1, 0.15) is 0 Å². The average molecular weight is 182 g/mol. The van der Waals surface area contributed by atoms with Gasteiger partial charge in [0.2, 0.25) is 0 Å². The molecule has 4 N–H and O–H groups in total. The smallest absolute Gasteiger partial charge is 0.0400 e. The highest BCUT2D eigenvalue weighted by Crippen LogP contribution is 2.19. The molecule has 2 aromatic carbocycles. The number of hydrogen-bond donors (Lipinski definition) is 2. The van der Waals surface area contributed by atoms with Gasteiger partial charge in [0, 0.05) is 16.6 Å². The van der Waals surface area contributed by atoms with Crippen LogP contribution >= 0.6 is 0 Å². The Morgan fingerprint density at radius 2 is 1.64 bits per heavy atom. The largest absolute Gasteiger partial charge is 0.399 e. The minimum atomic E-state index is 0.803. The molecule has 14 heavy (non-hydrogen) atoms. The number of nitrogen functional groups attached to an aromatic ring is 2. The Labute approximate surface area is 80.8 Å². The van der Waals surface area contributed by atoms with Crippen LogP contribution in [0, 0.1) is 20.9 Å². The maximum absolute atomic E-state index is 5.89. The van der Waals surface area contributed by atoms with E-state index in [9.17, 15) is 0 Å². The lowest BCUT2D eigenvalue weighted by Gasteiger charge is -2.07. The number of hydrogen-bond acceptors (Lipinski definition) is 2. The first-order valence-electron chi connectivity index (χ1n) is 4.56. The lowest BCUT2D eigenvalue weighted by atomic mass is 10.00. The van der Waals surface area contributed by atoms with Crippen molar-refractivity contribution in [2.24, 2.45) is 0 Å². The number of rotatable bonds is 0. The van der Waals surface area contributed by atoms with Crippen molar-refractivity contribution >= 4 is 11.4 Å². The molecule has 1 aliphatic rings. The van der Waals surface area contributed by atoms with Gasteiger partial charge in [-0.15, -0.1) is 0 Å². The van der Waals surface area contributed by atoms with Crippen LogP contribution in [0.5, 0.6) is 0 Å². The highest BCUT2D eigenvalue weighted by Gasteiger charge is 2.04. The van der Waals surface area contributed by atoms with Gasteiger partial charge in [0.15, 0.2) is 0 Å². The quantitative estimate of drug-likeness (QED) is 0.520. The van der Waals surface area contributed by atoms with Gasteiger partial charge in [-0.1, -0.05) is 18.2 Å². The maximum atomic E-state index is 5.89. The van der Waals surface area contributed by atoms with Gasteiger partial charge in [-0.3, -0.25) is 0 Å². The third kappa shape index (κ3) is 0.752. The topological polar surface area (TPSA) is 52.0 Å². The van der Waals surface area contributed by atoms with Crippen molar-refractivity contribution in [2.45, 2.75) is 0 Å². The van der Waals surface area contributed by atoms with Crippen molar-refractivity contribution in [3.63, 3.8) is 0 Å². The molecule has 0 amide bonds. The Morgan fingerprint density at radius 1 is 0.786 bits per heavy atom. The Morgan fingerprint density at radius 3 is 2.50 bits per heavy atom. The SMILES string of the molecule is Nc1ccc2c(c1)=c1cccc(N)c1=2. The number of fused-ring (bicyclic) bond motifs is 2. The van der Waals surface area contributed by atoms with Crippen molar-refractivity contribution in [3.05, 3.63) is 57.3 Å². The first-order valence-corrected chi connectivity index (χ1v) is 4.56. The van der Waals surface area contributed by atoms with Crippen LogP contribution < -0.4 is 11.5 Å². The Hall–Kier alpha value is -1.96. The first-order chi connectivity index (χ1) is 6.77. The molecule has 2 nitrogen and oxygen atoms in total. The van der Waals surface area contributed by atoms with E-state index in [1.165, 1.54) is 20.9 Å². The van der Waals surface area contributed by atoms with Crippen LogP contribution in [0.3, 0.4) is 0 Å². The molecule has 0 saturated heterocycles. The maximum Gasteiger partial charge on any atom is 0.0400 e. The van der Waals surface area contributed by atoms with E-state index in [4.69, 9.17) is 11.5 Å². The summed E-state index contributed by atoms with van der Waals surface area (Å²) in [5.74, 6) is 0. The van der Waals surface area contributed by atoms with Crippen LogP contribution in [-0.2, 0) is 0 Å². The summed E-state index contributed by atoms with van der Waals surface area (Å²) >= 11 is 0. The minimum Gasteiger partial charge on any atom is -0.399 e. The molecule has 0 bridgehead atoms. The zero-order valence-electron chi connectivity index (χ0n) is 7.62. The Balaban J connectivity index is 2.65. The van der Waals surface area contributed by atoms with Gasteiger partial charge in [-0.05, 0) is 33.9 Å². The van der Waals surface area contributed by atoms with Gasteiger partial charge in [-0.25, -0.2) is 0 Å². The van der Waals surface area contributed by atoms with E-state index in [1.54, 1.807) is 0 Å². The molecule has 68 valence electrons. The summed E-state index contributed by atoms with van der Waals surface area (Å²) in [5, 5.41) is 4.81. The number of benzene rings is 2. The predicted molar refractivity (Wildman–Crippen MR) is 57.1 cm³/mol. The summed E-state index contributed by atoms with van der Waals surface area (Å²) in [6, 6.07) is 11.9. The third-order valence-electron chi connectivity index (χ3n) is 2.70. The van der Waals surface area contributed by atoms with Crippen LogP contribution in [0.2, 0.25) is 0 Å². The van der Waals surface area contributed by atoms with E-state index in [2.05, 4.69) is 6.07 Å². The molecular formula is C12H10N2. The fraction of sp³-hybridized carbons (Fsp3) is 0. The average Bonchev–Trinajstić information content (AvgIpc) is 2.16. The van der Waals surface area contributed by atoms with Crippen molar-refractivity contribution in [1.82, 2.24) is 0 Å². The Bertz CT molecular complexity index is 702. The lowest BCUT2D eigenvalue weighted by molar-refractivity contribution is 1.29. The predicted octanol–water partition coefficient (Wildman–Crippen LogP) is 1.74. The first kappa shape index (κ1) is 7.44. The summed E-state index contributed by atoms with van der Waals surface area (Å²) in [7, 11) is 0. The fourth-order valence-corrected chi connectivity index (χ4v) is 2.04. The summed E-state index contributed by atoms with van der Waals surface area (Å²) < 4.78 is 0. The highest BCUT2D eigenvalue weighted by molar-refractivity contribution is 5.50. The molecule has 2 heteroatoms. The fourth-order valence-electron chi connectivity index (χ4n) is 2.04. The summed E-state index contributed by atoms with van der Waals surface area (Å²) in [4.78, 5) is 0. The van der Waals surface area contributed by atoms with E-state index in [-0.39, 0.29) is 0 Å². The van der Waals surface area contributed by atoms with Crippen molar-refractivity contribution in [2.75, 3.05) is 11.5 Å². The minimum absolute atomic E-state index is 0.803. The van der Waals surface area contributed by atoms with Crippen LogP contribution in [0.25, 0.3) is 0 Å². The summed E-state index contributed by atoms with van der Waals surface area (Å²) in [6.07, 6.45) is 0. The van der Waals surface area contributed by atoms with Gasteiger partial charge in [-0.2, -0.15) is 0 Å². The van der Waals surface area contributed by atoms with Gasteiger partial charge >= 0.3 is 0 Å². The molecule has 2 aromatic rings. The summed E-state index contributed by atoms with van der Waals surface area (Å²) in [6.45, 7) is 0. The summed E-state index contributed by atoms with van der Waals surface area (Å²) in [5.41, 5.74) is 13.3. The monoisotopic (exact) mass is 182 g/mol. The molecule has 0 fully saturated rings. The number of anilines is 2. The number of nitrogens with two attached hydrogens (primary N) is 2. The molecule has 0 unspecified atom stereocenters. The second-order valence-corrected chi connectivity index (χ2v) is 3.57. The highest BCUT2D eigenvalue weighted by atomic mass is 14.6.